The van der Waals surface area contributed by atoms with Gasteiger partial charge in [-0.05, 0) is 51.2 Å². The number of aromatic nitrogens is 3. The van der Waals surface area contributed by atoms with Crippen LogP contribution in [0.4, 0.5) is 23.1 Å². The summed E-state index contributed by atoms with van der Waals surface area (Å²) in [5, 5.41) is 17.3. The molecule has 1 fully saturated rings. The number of rotatable bonds is 8. The van der Waals surface area contributed by atoms with Gasteiger partial charge in [0.15, 0.2) is 11.5 Å². The van der Waals surface area contributed by atoms with E-state index < -0.39 is 0 Å². The fourth-order valence-electron chi connectivity index (χ4n) is 4.16. The van der Waals surface area contributed by atoms with Gasteiger partial charge in [0, 0.05) is 29.4 Å². The van der Waals surface area contributed by atoms with Gasteiger partial charge < -0.3 is 25.0 Å². The van der Waals surface area contributed by atoms with Crippen LogP contribution in [-0.4, -0.2) is 53.2 Å². The minimum absolute atomic E-state index is 0.0629. The molecule has 36 heavy (non-hydrogen) atoms. The van der Waals surface area contributed by atoms with Gasteiger partial charge in [0.05, 0.1) is 30.1 Å². The normalized spacial score (nSPS) is 16.8. The monoisotopic (exact) mass is 481 g/mol. The van der Waals surface area contributed by atoms with Crippen LogP contribution in [0.3, 0.4) is 0 Å². The molecule has 0 aliphatic heterocycles. The van der Waals surface area contributed by atoms with Gasteiger partial charge in [0.1, 0.15) is 18.0 Å². The molecule has 9 nitrogen and oxygen atoms in total. The lowest BCUT2D eigenvalue weighted by Crippen LogP contribution is -2.46. The van der Waals surface area contributed by atoms with E-state index in [1.807, 2.05) is 30.3 Å². The Morgan fingerprint density at radius 2 is 1.86 bits per heavy atom. The van der Waals surface area contributed by atoms with Crippen LogP contribution in [0.15, 0.2) is 60.9 Å². The molecule has 0 radical (unpaired) electrons. The zero-order valence-corrected chi connectivity index (χ0v) is 20.4. The van der Waals surface area contributed by atoms with E-state index >= 15 is 0 Å². The number of nitriles is 1. The van der Waals surface area contributed by atoms with E-state index in [2.05, 4.69) is 50.6 Å². The Hall–Kier alpha value is -4.42. The van der Waals surface area contributed by atoms with Gasteiger partial charge in [0.25, 0.3) is 0 Å². The number of fused-ring (bicyclic) bond motifs is 1. The van der Waals surface area contributed by atoms with Crippen molar-refractivity contribution < 1.29 is 9.47 Å². The predicted molar refractivity (Wildman–Crippen MR) is 139 cm³/mol. The molecule has 1 saturated carbocycles. The Labute approximate surface area is 209 Å². The standard InChI is InChI=1S/C27H27N7O2/c1-34(2)21-13-22(14-21)36-26-18(15-28)11-19(12-24(26)35-3)32-27-29-9-8-25(33-27)31-20-10-17-6-4-5-7-23(17)30-16-20/h4-12,16,21-22H,13-14H2,1-3H3,(H2,29,31,32,33). The van der Waals surface area contributed by atoms with Crippen molar-refractivity contribution in [3.63, 3.8) is 0 Å². The third-order valence-electron chi connectivity index (χ3n) is 6.25. The van der Waals surface area contributed by atoms with Crippen LogP contribution < -0.4 is 20.1 Å². The number of hydrogen-bond donors (Lipinski definition) is 2. The highest BCUT2D eigenvalue weighted by molar-refractivity contribution is 5.82. The summed E-state index contributed by atoms with van der Waals surface area (Å²) in [5.74, 6) is 1.94. The summed E-state index contributed by atoms with van der Waals surface area (Å²) in [6.07, 6.45) is 5.32. The van der Waals surface area contributed by atoms with E-state index in [1.54, 1.807) is 37.7 Å². The maximum Gasteiger partial charge on any atom is 0.229 e. The average Bonchev–Trinajstić information content (AvgIpc) is 2.86. The highest BCUT2D eigenvalue weighted by Crippen LogP contribution is 2.39. The minimum Gasteiger partial charge on any atom is -0.493 e. The highest BCUT2D eigenvalue weighted by Gasteiger charge is 2.33. The van der Waals surface area contributed by atoms with Crippen molar-refractivity contribution in [1.29, 1.82) is 5.26 Å². The number of nitrogens with one attached hydrogen (secondary N) is 2. The molecule has 1 aliphatic carbocycles. The highest BCUT2D eigenvalue weighted by atomic mass is 16.5. The lowest BCUT2D eigenvalue weighted by Gasteiger charge is -2.39. The molecule has 0 unspecified atom stereocenters. The fourth-order valence-corrected chi connectivity index (χ4v) is 4.16. The van der Waals surface area contributed by atoms with Crippen molar-refractivity contribution in [1.82, 2.24) is 19.9 Å². The second kappa shape index (κ2) is 10.1. The first-order valence-electron chi connectivity index (χ1n) is 11.7. The molecule has 0 amide bonds. The lowest BCUT2D eigenvalue weighted by atomic mass is 9.88. The number of pyridine rings is 1. The summed E-state index contributed by atoms with van der Waals surface area (Å²) in [6, 6.07) is 17.9. The van der Waals surface area contributed by atoms with Crippen molar-refractivity contribution in [2.45, 2.75) is 25.0 Å². The third kappa shape index (κ3) is 4.99. The minimum atomic E-state index is 0.0629. The summed E-state index contributed by atoms with van der Waals surface area (Å²) in [7, 11) is 5.69. The van der Waals surface area contributed by atoms with Gasteiger partial charge >= 0.3 is 0 Å². The molecule has 0 bridgehead atoms. The summed E-state index contributed by atoms with van der Waals surface area (Å²) in [5.41, 5.74) is 2.76. The van der Waals surface area contributed by atoms with Gasteiger partial charge in [-0.1, -0.05) is 18.2 Å². The second-order valence-corrected chi connectivity index (χ2v) is 8.93. The van der Waals surface area contributed by atoms with Gasteiger partial charge in [0.2, 0.25) is 5.95 Å². The first-order valence-corrected chi connectivity index (χ1v) is 11.7. The maximum absolute atomic E-state index is 9.79. The number of ether oxygens (including phenoxy) is 2. The number of nitrogens with zero attached hydrogens (tertiary/aromatic N) is 5. The van der Waals surface area contributed by atoms with Crippen LogP contribution in [0.1, 0.15) is 18.4 Å². The quantitative estimate of drug-likeness (QED) is 0.364. The molecule has 2 heterocycles. The van der Waals surface area contributed by atoms with Crippen molar-refractivity contribution in [2.24, 2.45) is 0 Å². The van der Waals surface area contributed by atoms with Crippen molar-refractivity contribution >= 4 is 34.0 Å². The molecule has 9 heteroatoms. The van der Waals surface area contributed by atoms with Gasteiger partial charge in [-0.15, -0.1) is 0 Å². The van der Waals surface area contributed by atoms with Crippen molar-refractivity contribution in [3.8, 4) is 17.6 Å². The van der Waals surface area contributed by atoms with E-state index in [0.29, 0.717) is 40.6 Å². The van der Waals surface area contributed by atoms with E-state index in [4.69, 9.17) is 9.47 Å². The molecule has 4 aromatic rings. The van der Waals surface area contributed by atoms with Crippen LogP contribution >= 0.6 is 0 Å². The largest absolute Gasteiger partial charge is 0.493 e. The van der Waals surface area contributed by atoms with Gasteiger partial charge in [-0.25, -0.2) is 4.98 Å². The molecular formula is C27H27N7O2. The molecule has 1 aliphatic rings. The first-order chi connectivity index (χ1) is 17.5. The SMILES string of the molecule is COc1cc(Nc2nccc(Nc3cnc4ccccc4c3)n2)cc(C#N)c1OC1CC(N(C)C)C1. The lowest BCUT2D eigenvalue weighted by molar-refractivity contribution is 0.0381. The number of methoxy groups -OCH3 is 1. The third-order valence-corrected chi connectivity index (χ3v) is 6.25. The van der Waals surface area contributed by atoms with Crippen LogP contribution in [-0.2, 0) is 0 Å². The Kier molecular flexibility index (Phi) is 6.52. The second-order valence-electron chi connectivity index (χ2n) is 8.93. The topological polar surface area (TPSA) is 108 Å². The molecule has 2 aromatic carbocycles. The zero-order valence-electron chi connectivity index (χ0n) is 20.4. The molecule has 182 valence electrons. The molecule has 5 rings (SSSR count). The van der Waals surface area contributed by atoms with Gasteiger partial charge in [-0.3, -0.25) is 4.98 Å². The smallest absolute Gasteiger partial charge is 0.229 e. The molecule has 2 aromatic heterocycles. The van der Waals surface area contributed by atoms with E-state index in [0.717, 1.165) is 29.4 Å². The van der Waals surface area contributed by atoms with Gasteiger partial charge in [-0.2, -0.15) is 10.2 Å². The number of hydrogen-bond acceptors (Lipinski definition) is 9. The zero-order chi connectivity index (χ0) is 25.1. The molecular weight excluding hydrogens is 454 g/mol. The van der Waals surface area contributed by atoms with Crippen molar-refractivity contribution in [3.05, 3.63) is 66.5 Å². The summed E-state index contributed by atoms with van der Waals surface area (Å²) in [6.45, 7) is 0. The molecule has 0 atom stereocenters. The van der Waals surface area contributed by atoms with Crippen LogP contribution in [0.25, 0.3) is 10.9 Å². The Balaban J connectivity index is 1.33. The van der Waals surface area contributed by atoms with Crippen LogP contribution in [0.5, 0.6) is 11.5 Å². The first kappa shape index (κ1) is 23.3. The van der Waals surface area contributed by atoms with E-state index in [1.165, 1.54) is 0 Å². The summed E-state index contributed by atoms with van der Waals surface area (Å²) in [4.78, 5) is 15.5. The Bertz CT molecular complexity index is 1430. The van der Waals surface area contributed by atoms with Crippen LogP contribution in [0, 0.1) is 11.3 Å². The number of anilines is 4. The number of benzene rings is 2. The van der Waals surface area contributed by atoms with E-state index in [9.17, 15) is 5.26 Å². The molecule has 0 spiro atoms. The molecule has 0 saturated heterocycles. The Morgan fingerprint density at radius 1 is 1.03 bits per heavy atom. The fraction of sp³-hybridized carbons (Fsp3) is 0.259. The maximum atomic E-state index is 9.79. The average molecular weight is 482 g/mol. The summed E-state index contributed by atoms with van der Waals surface area (Å²) < 4.78 is 11.7. The predicted octanol–water partition coefficient (Wildman–Crippen LogP) is 4.86. The van der Waals surface area contributed by atoms with Crippen LogP contribution in [0.2, 0.25) is 0 Å². The van der Waals surface area contributed by atoms with Crippen molar-refractivity contribution in [2.75, 3.05) is 31.8 Å². The Morgan fingerprint density at radius 3 is 2.64 bits per heavy atom. The number of para-hydroxylation sites is 1. The van der Waals surface area contributed by atoms with E-state index in [-0.39, 0.29) is 6.10 Å². The summed E-state index contributed by atoms with van der Waals surface area (Å²) >= 11 is 0. The molecule has 2 N–H and O–H groups in total.